The lowest BCUT2D eigenvalue weighted by Crippen LogP contribution is -2.46. The van der Waals surface area contributed by atoms with Gasteiger partial charge in [0, 0.05) is 30.3 Å². The van der Waals surface area contributed by atoms with Gasteiger partial charge < -0.3 is 10.6 Å². The first-order valence-electron chi connectivity index (χ1n) is 6.80. The Hall–Kier alpha value is -1.46. The van der Waals surface area contributed by atoms with Crippen LogP contribution in [0.2, 0.25) is 0 Å². The number of nitrogens with zero attached hydrogens (tertiary/aromatic N) is 2. The van der Waals surface area contributed by atoms with Crippen molar-refractivity contribution < 1.29 is 4.92 Å². The molecule has 1 fully saturated rings. The second kappa shape index (κ2) is 6.12. The molecule has 0 bridgehead atoms. The summed E-state index contributed by atoms with van der Waals surface area (Å²) < 4.78 is 0. The maximum Gasteiger partial charge on any atom is 0.272 e. The number of nitro groups is 1. The predicted molar refractivity (Wildman–Crippen MR) is 75.0 cm³/mol. The number of hydrogen-bond acceptors (Lipinski definition) is 4. The zero-order chi connectivity index (χ0) is 13.8. The summed E-state index contributed by atoms with van der Waals surface area (Å²) in [4.78, 5) is 13.0. The second-order valence-corrected chi connectivity index (χ2v) is 5.31. The van der Waals surface area contributed by atoms with Gasteiger partial charge in [0.25, 0.3) is 5.69 Å². The van der Waals surface area contributed by atoms with Crippen molar-refractivity contribution in [1.82, 2.24) is 4.90 Å². The lowest BCUT2D eigenvalue weighted by Gasteiger charge is -2.36. The van der Waals surface area contributed by atoms with Crippen molar-refractivity contribution in [1.29, 1.82) is 0 Å². The Balaban J connectivity index is 1.97. The Morgan fingerprint density at radius 2 is 2.21 bits per heavy atom. The molecule has 0 saturated carbocycles. The first kappa shape index (κ1) is 14.0. The molecule has 2 unspecified atom stereocenters. The van der Waals surface area contributed by atoms with Gasteiger partial charge in [0.15, 0.2) is 0 Å². The highest BCUT2D eigenvalue weighted by molar-refractivity contribution is 5.39. The number of benzene rings is 1. The van der Waals surface area contributed by atoms with Crippen LogP contribution in [0.1, 0.15) is 25.3 Å². The minimum absolute atomic E-state index is 0.226. The Bertz CT molecular complexity index is 450. The van der Waals surface area contributed by atoms with E-state index >= 15 is 0 Å². The molecule has 5 nitrogen and oxygen atoms in total. The van der Waals surface area contributed by atoms with E-state index in [1.54, 1.807) is 12.1 Å². The molecule has 0 aromatic heterocycles. The molecule has 1 aromatic carbocycles. The third kappa shape index (κ3) is 3.52. The fraction of sp³-hybridized carbons (Fsp3) is 0.571. The van der Waals surface area contributed by atoms with E-state index in [1.807, 2.05) is 12.1 Å². The molecule has 0 radical (unpaired) electrons. The number of rotatable bonds is 4. The predicted octanol–water partition coefficient (Wildman–Crippen LogP) is 1.95. The Morgan fingerprint density at radius 1 is 1.47 bits per heavy atom. The highest BCUT2D eigenvalue weighted by atomic mass is 16.6. The monoisotopic (exact) mass is 263 g/mol. The Morgan fingerprint density at radius 3 is 2.89 bits per heavy atom. The molecule has 0 aliphatic carbocycles. The van der Waals surface area contributed by atoms with Crippen LogP contribution in [-0.2, 0) is 6.42 Å². The zero-order valence-corrected chi connectivity index (χ0v) is 11.3. The molecule has 2 N–H and O–H groups in total. The molecule has 0 spiro atoms. The quantitative estimate of drug-likeness (QED) is 0.665. The Labute approximate surface area is 113 Å². The van der Waals surface area contributed by atoms with Crippen molar-refractivity contribution in [2.45, 2.75) is 38.3 Å². The van der Waals surface area contributed by atoms with Gasteiger partial charge in [0.05, 0.1) is 4.92 Å². The van der Waals surface area contributed by atoms with Crippen LogP contribution in [0.5, 0.6) is 0 Å². The van der Waals surface area contributed by atoms with Gasteiger partial charge in [-0.1, -0.05) is 18.2 Å². The summed E-state index contributed by atoms with van der Waals surface area (Å²) in [6.45, 7) is 4.03. The first-order valence-corrected chi connectivity index (χ1v) is 6.80. The van der Waals surface area contributed by atoms with E-state index in [1.165, 1.54) is 0 Å². The normalized spacial score (nSPS) is 24.3. The van der Waals surface area contributed by atoms with E-state index in [-0.39, 0.29) is 10.6 Å². The molecule has 1 aliphatic heterocycles. The van der Waals surface area contributed by atoms with E-state index in [2.05, 4.69) is 11.8 Å². The summed E-state index contributed by atoms with van der Waals surface area (Å²) in [6, 6.07) is 7.76. The van der Waals surface area contributed by atoms with Crippen LogP contribution in [0, 0.1) is 10.1 Å². The maximum absolute atomic E-state index is 11.0. The molecule has 1 aliphatic rings. The first-order chi connectivity index (χ1) is 9.08. The second-order valence-electron chi connectivity index (χ2n) is 5.31. The number of nitrogens with two attached hydrogens (primary N) is 1. The fourth-order valence-corrected chi connectivity index (χ4v) is 2.75. The van der Waals surface area contributed by atoms with Crippen LogP contribution in [0.25, 0.3) is 0 Å². The summed E-state index contributed by atoms with van der Waals surface area (Å²) in [5.74, 6) is 0. The summed E-state index contributed by atoms with van der Waals surface area (Å²) in [6.07, 6.45) is 2.74. The van der Waals surface area contributed by atoms with E-state index in [0.29, 0.717) is 12.1 Å². The summed E-state index contributed by atoms with van der Waals surface area (Å²) >= 11 is 0. The van der Waals surface area contributed by atoms with E-state index in [9.17, 15) is 10.1 Å². The van der Waals surface area contributed by atoms with Crippen molar-refractivity contribution in [3.05, 3.63) is 39.9 Å². The van der Waals surface area contributed by atoms with E-state index in [0.717, 1.165) is 37.9 Å². The minimum Gasteiger partial charge on any atom is -0.328 e. The highest BCUT2D eigenvalue weighted by Crippen LogP contribution is 2.21. The summed E-state index contributed by atoms with van der Waals surface area (Å²) in [5.41, 5.74) is 6.98. The van der Waals surface area contributed by atoms with Crippen molar-refractivity contribution in [2.24, 2.45) is 5.73 Å². The molecule has 0 amide bonds. The SMILES string of the molecule is CC1CC(N)CCN1CCc1ccccc1[N+](=O)[O-]. The molecule has 5 heteroatoms. The minimum atomic E-state index is -0.301. The molecule has 19 heavy (non-hydrogen) atoms. The van der Waals surface area contributed by atoms with Gasteiger partial charge in [-0.2, -0.15) is 0 Å². The Kier molecular flexibility index (Phi) is 4.50. The molecule has 104 valence electrons. The van der Waals surface area contributed by atoms with Gasteiger partial charge in [-0.05, 0) is 32.7 Å². The number of likely N-dealkylation sites (tertiary alicyclic amines) is 1. The van der Waals surface area contributed by atoms with Crippen LogP contribution in [0.3, 0.4) is 0 Å². The summed E-state index contributed by atoms with van der Waals surface area (Å²) in [7, 11) is 0. The average Bonchev–Trinajstić information content (AvgIpc) is 2.38. The molecular weight excluding hydrogens is 242 g/mol. The number of hydrogen-bond donors (Lipinski definition) is 1. The number of para-hydroxylation sites is 1. The smallest absolute Gasteiger partial charge is 0.272 e. The molecule has 1 aromatic rings. The van der Waals surface area contributed by atoms with Crippen LogP contribution in [0.15, 0.2) is 24.3 Å². The topological polar surface area (TPSA) is 72.4 Å². The van der Waals surface area contributed by atoms with Gasteiger partial charge in [-0.3, -0.25) is 10.1 Å². The van der Waals surface area contributed by atoms with E-state index < -0.39 is 0 Å². The van der Waals surface area contributed by atoms with Gasteiger partial charge in [0.2, 0.25) is 0 Å². The molecule has 1 saturated heterocycles. The highest BCUT2D eigenvalue weighted by Gasteiger charge is 2.23. The molecule has 1 heterocycles. The van der Waals surface area contributed by atoms with Gasteiger partial charge in [-0.25, -0.2) is 0 Å². The standard InChI is InChI=1S/C14H21N3O2/c1-11-10-13(15)7-9-16(11)8-6-12-4-2-3-5-14(12)17(18)19/h2-5,11,13H,6-10,15H2,1H3. The third-order valence-corrected chi connectivity index (χ3v) is 3.91. The number of nitro benzene ring substituents is 1. The van der Waals surface area contributed by atoms with E-state index in [4.69, 9.17) is 5.73 Å². The van der Waals surface area contributed by atoms with Crippen LogP contribution in [0.4, 0.5) is 5.69 Å². The zero-order valence-electron chi connectivity index (χ0n) is 11.3. The van der Waals surface area contributed by atoms with Crippen molar-refractivity contribution in [3.8, 4) is 0 Å². The van der Waals surface area contributed by atoms with Crippen molar-refractivity contribution in [3.63, 3.8) is 0 Å². The third-order valence-electron chi connectivity index (χ3n) is 3.91. The average molecular weight is 263 g/mol. The molecular formula is C14H21N3O2. The lowest BCUT2D eigenvalue weighted by atomic mass is 9.98. The van der Waals surface area contributed by atoms with Gasteiger partial charge in [-0.15, -0.1) is 0 Å². The van der Waals surface area contributed by atoms with Crippen LogP contribution in [-0.4, -0.2) is 35.0 Å². The summed E-state index contributed by atoms with van der Waals surface area (Å²) in [5, 5.41) is 11.0. The van der Waals surface area contributed by atoms with Gasteiger partial charge in [0.1, 0.15) is 0 Å². The van der Waals surface area contributed by atoms with Crippen LogP contribution >= 0.6 is 0 Å². The van der Waals surface area contributed by atoms with Crippen molar-refractivity contribution >= 4 is 5.69 Å². The molecule has 2 atom stereocenters. The van der Waals surface area contributed by atoms with Gasteiger partial charge >= 0.3 is 0 Å². The lowest BCUT2D eigenvalue weighted by molar-refractivity contribution is -0.385. The molecule has 2 rings (SSSR count). The fourth-order valence-electron chi connectivity index (χ4n) is 2.75. The largest absolute Gasteiger partial charge is 0.328 e. The van der Waals surface area contributed by atoms with Crippen LogP contribution < -0.4 is 5.73 Å². The maximum atomic E-state index is 11.0. The van der Waals surface area contributed by atoms with Crippen molar-refractivity contribution in [2.75, 3.05) is 13.1 Å². The number of piperidine rings is 1.